The second-order valence-corrected chi connectivity index (χ2v) is 8.61. The summed E-state index contributed by atoms with van der Waals surface area (Å²) < 4.78 is 22.7. The highest BCUT2D eigenvalue weighted by Gasteiger charge is 2.44. The van der Waals surface area contributed by atoms with Crippen molar-refractivity contribution in [3.8, 4) is 11.5 Å². The van der Waals surface area contributed by atoms with Crippen molar-refractivity contribution in [2.45, 2.75) is 13.0 Å². The van der Waals surface area contributed by atoms with Crippen LogP contribution in [0.4, 0.5) is 0 Å². The van der Waals surface area contributed by atoms with Gasteiger partial charge in [0.05, 0.1) is 44.4 Å². The van der Waals surface area contributed by atoms with Gasteiger partial charge in [-0.1, -0.05) is 23.8 Å². The second-order valence-electron chi connectivity index (χ2n) is 8.61. The number of amides is 1. The summed E-state index contributed by atoms with van der Waals surface area (Å²) in [6.45, 7) is 5.99. The van der Waals surface area contributed by atoms with E-state index in [0.29, 0.717) is 59.9 Å². The van der Waals surface area contributed by atoms with E-state index in [1.54, 1.807) is 31.3 Å². The van der Waals surface area contributed by atoms with Gasteiger partial charge in [0, 0.05) is 31.7 Å². The number of methoxy groups -OCH3 is 2. The third-order valence-corrected chi connectivity index (χ3v) is 6.61. The Balaban J connectivity index is 1.67. The summed E-state index contributed by atoms with van der Waals surface area (Å²) in [6, 6.07) is 10.3. The first kappa shape index (κ1) is 22.4. The zero-order valence-electron chi connectivity index (χ0n) is 19.6. The summed E-state index contributed by atoms with van der Waals surface area (Å²) in [7, 11) is 3.12. The van der Waals surface area contributed by atoms with Crippen molar-refractivity contribution in [1.82, 2.24) is 9.80 Å². The Labute approximate surface area is 197 Å². The number of carbonyl (C=O) groups excluding carboxylic acids is 1. The van der Waals surface area contributed by atoms with Crippen molar-refractivity contribution < 1.29 is 23.4 Å². The maximum atomic E-state index is 13.8. The fourth-order valence-corrected chi connectivity index (χ4v) is 4.89. The van der Waals surface area contributed by atoms with Gasteiger partial charge in [-0.25, -0.2) is 0 Å². The Morgan fingerprint density at radius 1 is 1.03 bits per heavy atom. The summed E-state index contributed by atoms with van der Waals surface area (Å²) in [5.74, 6) is 0.835. The number of aryl methyl sites for hydroxylation is 1. The molecule has 3 aromatic rings. The number of para-hydroxylation sites is 1. The molecule has 178 valence electrons. The van der Waals surface area contributed by atoms with Crippen molar-refractivity contribution in [3.05, 3.63) is 69.1 Å². The van der Waals surface area contributed by atoms with Crippen LogP contribution in [0.5, 0.6) is 11.5 Å². The lowest BCUT2D eigenvalue weighted by atomic mass is 9.97. The first-order valence-electron chi connectivity index (χ1n) is 11.4. The van der Waals surface area contributed by atoms with Crippen molar-refractivity contribution >= 4 is 16.9 Å². The third kappa shape index (κ3) is 3.73. The molecule has 1 aromatic heterocycles. The molecule has 0 spiro atoms. The normalized spacial score (nSPS) is 18.4. The largest absolute Gasteiger partial charge is 0.493 e. The highest BCUT2D eigenvalue weighted by molar-refractivity contribution is 5.99. The number of hydrogen-bond acceptors (Lipinski definition) is 7. The van der Waals surface area contributed by atoms with E-state index in [-0.39, 0.29) is 17.1 Å². The van der Waals surface area contributed by atoms with Gasteiger partial charge in [-0.2, -0.15) is 0 Å². The summed E-state index contributed by atoms with van der Waals surface area (Å²) in [4.78, 5) is 31.4. The van der Waals surface area contributed by atoms with E-state index in [1.165, 1.54) is 0 Å². The molecule has 34 heavy (non-hydrogen) atoms. The minimum absolute atomic E-state index is 0.0956. The first-order chi connectivity index (χ1) is 16.5. The lowest BCUT2D eigenvalue weighted by molar-refractivity contribution is 0.0314. The average molecular weight is 465 g/mol. The average Bonchev–Trinajstić information content (AvgIpc) is 3.14. The summed E-state index contributed by atoms with van der Waals surface area (Å²) in [5, 5.41) is 0.466. The van der Waals surface area contributed by atoms with Crippen LogP contribution in [-0.2, 0) is 4.74 Å². The molecule has 3 heterocycles. The maximum Gasteiger partial charge on any atom is 0.290 e. The smallest absolute Gasteiger partial charge is 0.290 e. The van der Waals surface area contributed by atoms with Gasteiger partial charge < -0.3 is 23.5 Å². The highest BCUT2D eigenvalue weighted by Crippen LogP contribution is 2.44. The van der Waals surface area contributed by atoms with Crippen molar-refractivity contribution in [1.29, 1.82) is 0 Å². The molecule has 5 rings (SSSR count). The molecule has 0 saturated carbocycles. The molecule has 1 fully saturated rings. The van der Waals surface area contributed by atoms with Crippen LogP contribution in [0.3, 0.4) is 0 Å². The zero-order valence-corrected chi connectivity index (χ0v) is 19.6. The van der Waals surface area contributed by atoms with Crippen LogP contribution >= 0.6 is 0 Å². The molecule has 2 aliphatic heterocycles. The molecule has 0 N–H and O–H groups in total. The van der Waals surface area contributed by atoms with Gasteiger partial charge in [-0.3, -0.25) is 14.5 Å². The highest BCUT2D eigenvalue weighted by atomic mass is 16.5. The number of rotatable bonds is 6. The van der Waals surface area contributed by atoms with Crippen LogP contribution in [0.2, 0.25) is 0 Å². The van der Waals surface area contributed by atoms with E-state index in [2.05, 4.69) is 4.90 Å². The standard InChI is InChI=1S/C26H28N2O6/c1-16-7-8-19-18(15-16)23(29)21-22(17-5-4-6-20(31-2)24(17)32-3)28(26(30)25(21)34-19)10-9-27-11-13-33-14-12-27/h4-8,15,22H,9-14H2,1-3H3/t22-/m0/s1. The van der Waals surface area contributed by atoms with Crippen LogP contribution in [0, 0.1) is 6.92 Å². The third-order valence-electron chi connectivity index (χ3n) is 6.61. The van der Waals surface area contributed by atoms with Crippen LogP contribution in [0.15, 0.2) is 45.6 Å². The van der Waals surface area contributed by atoms with Crippen LogP contribution in [0.25, 0.3) is 11.0 Å². The second kappa shape index (κ2) is 9.12. The molecule has 2 aliphatic rings. The molecule has 1 atom stereocenters. The predicted octanol–water partition coefficient (Wildman–Crippen LogP) is 3.00. The quantitative estimate of drug-likeness (QED) is 0.555. The minimum atomic E-state index is -0.644. The van der Waals surface area contributed by atoms with Gasteiger partial charge in [0.25, 0.3) is 5.91 Å². The van der Waals surface area contributed by atoms with E-state index in [4.69, 9.17) is 18.6 Å². The molecular formula is C26H28N2O6. The SMILES string of the molecule is COc1cccc([C@H]2c3c(oc4ccc(C)cc4c3=O)C(=O)N2CCN2CCOCC2)c1OC. The molecule has 0 unspecified atom stereocenters. The maximum absolute atomic E-state index is 13.8. The van der Waals surface area contributed by atoms with Crippen LogP contribution < -0.4 is 14.9 Å². The Bertz CT molecular complexity index is 1290. The molecule has 0 aliphatic carbocycles. The van der Waals surface area contributed by atoms with E-state index in [0.717, 1.165) is 18.7 Å². The molecule has 8 heteroatoms. The Morgan fingerprint density at radius 2 is 1.82 bits per heavy atom. The van der Waals surface area contributed by atoms with Crippen molar-refractivity contribution in [2.24, 2.45) is 0 Å². The van der Waals surface area contributed by atoms with Gasteiger partial charge in [-0.15, -0.1) is 0 Å². The lowest BCUT2D eigenvalue weighted by Gasteiger charge is -2.31. The Hall–Kier alpha value is -3.36. The molecule has 1 saturated heterocycles. The number of fused-ring (bicyclic) bond motifs is 2. The molecule has 1 amide bonds. The Morgan fingerprint density at radius 3 is 2.56 bits per heavy atom. The molecule has 2 aromatic carbocycles. The number of hydrogen-bond donors (Lipinski definition) is 0. The van der Waals surface area contributed by atoms with Gasteiger partial charge in [0.15, 0.2) is 16.9 Å². The van der Waals surface area contributed by atoms with Gasteiger partial charge in [0.2, 0.25) is 5.76 Å². The first-order valence-corrected chi connectivity index (χ1v) is 11.4. The van der Waals surface area contributed by atoms with Crippen molar-refractivity contribution in [2.75, 3.05) is 53.6 Å². The van der Waals surface area contributed by atoms with Crippen LogP contribution in [-0.4, -0.2) is 69.3 Å². The van der Waals surface area contributed by atoms with E-state index in [9.17, 15) is 9.59 Å². The fraction of sp³-hybridized carbons (Fsp3) is 0.385. The number of ether oxygens (including phenoxy) is 3. The predicted molar refractivity (Wildman–Crippen MR) is 127 cm³/mol. The Kier molecular flexibility index (Phi) is 6.02. The van der Waals surface area contributed by atoms with Gasteiger partial charge in [-0.05, 0) is 25.1 Å². The summed E-state index contributed by atoms with van der Waals surface area (Å²) in [5.41, 5.74) is 2.20. The fourth-order valence-electron chi connectivity index (χ4n) is 4.89. The number of carbonyl (C=O) groups is 1. The summed E-state index contributed by atoms with van der Waals surface area (Å²) >= 11 is 0. The lowest BCUT2D eigenvalue weighted by Crippen LogP contribution is -2.42. The number of nitrogens with zero attached hydrogens (tertiary/aromatic N) is 2. The molecular weight excluding hydrogens is 436 g/mol. The number of benzene rings is 2. The minimum Gasteiger partial charge on any atom is -0.493 e. The topological polar surface area (TPSA) is 81.5 Å². The van der Waals surface area contributed by atoms with E-state index >= 15 is 0 Å². The molecule has 0 bridgehead atoms. The molecule has 8 nitrogen and oxygen atoms in total. The van der Waals surface area contributed by atoms with Crippen LogP contribution in [0.1, 0.15) is 33.3 Å². The molecule has 0 radical (unpaired) electrons. The van der Waals surface area contributed by atoms with Gasteiger partial charge in [0.1, 0.15) is 5.58 Å². The number of morpholine rings is 1. The monoisotopic (exact) mass is 464 g/mol. The van der Waals surface area contributed by atoms with E-state index < -0.39 is 6.04 Å². The van der Waals surface area contributed by atoms with E-state index in [1.807, 2.05) is 31.2 Å². The summed E-state index contributed by atoms with van der Waals surface area (Å²) in [6.07, 6.45) is 0. The zero-order chi connectivity index (χ0) is 23.8. The van der Waals surface area contributed by atoms with Gasteiger partial charge >= 0.3 is 0 Å². The van der Waals surface area contributed by atoms with Crippen molar-refractivity contribution in [3.63, 3.8) is 0 Å².